The summed E-state index contributed by atoms with van der Waals surface area (Å²) in [6.07, 6.45) is 1.04. The SMILES string of the molecule is Cc1ccc2c(c1)C(C1CCOc3ccc4cc(C)ccc4c31)c1cc(C)ccc1S2. The molecule has 0 bridgehead atoms. The van der Waals surface area contributed by atoms with E-state index in [1.165, 1.54) is 53.9 Å². The van der Waals surface area contributed by atoms with Gasteiger partial charge in [0.25, 0.3) is 0 Å². The first kappa shape index (κ1) is 19.0. The molecule has 0 N–H and O–H groups in total. The van der Waals surface area contributed by atoms with Crippen LogP contribution in [0.25, 0.3) is 10.8 Å². The average molecular weight is 423 g/mol. The Morgan fingerprint density at radius 1 is 0.742 bits per heavy atom. The molecule has 154 valence electrons. The molecule has 2 aliphatic rings. The second-order valence-electron chi connectivity index (χ2n) is 9.11. The van der Waals surface area contributed by atoms with Gasteiger partial charge in [0, 0.05) is 27.2 Å². The normalized spacial score (nSPS) is 17.6. The van der Waals surface area contributed by atoms with Crippen molar-refractivity contribution in [2.75, 3.05) is 6.61 Å². The van der Waals surface area contributed by atoms with Crippen LogP contribution in [0.15, 0.2) is 76.5 Å². The Bertz CT molecular complexity index is 1280. The van der Waals surface area contributed by atoms with Crippen LogP contribution in [0.1, 0.15) is 51.6 Å². The van der Waals surface area contributed by atoms with Crippen LogP contribution >= 0.6 is 11.8 Å². The summed E-state index contributed by atoms with van der Waals surface area (Å²) in [5, 5.41) is 2.66. The largest absolute Gasteiger partial charge is 0.493 e. The molecule has 4 aromatic carbocycles. The summed E-state index contributed by atoms with van der Waals surface area (Å²) in [5.41, 5.74) is 8.31. The van der Waals surface area contributed by atoms with Gasteiger partial charge in [0.1, 0.15) is 5.75 Å². The first-order valence-electron chi connectivity index (χ1n) is 11.1. The van der Waals surface area contributed by atoms with Gasteiger partial charge in [0.2, 0.25) is 0 Å². The number of benzene rings is 4. The Balaban J connectivity index is 1.63. The second kappa shape index (κ2) is 7.17. The maximum atomic E-state index is 6.20. The lowest BCUT2D eigenvalue weighted by Gasteiger charge is -2.38. The lowest BCUT2D eigenvalue weighted by atomic mass is 9.72. The fourth-order valence-corrected chi connectivity index (χ4v) is 6.58. The molecule has 1 unspecified atom stereocenters. The summed E-state index contributed by atoms with van der Waals surface area (Å²) in [5.74, 6) is 1.81. The Labute approximate surface area is 188 Å². The van der Waals surface area contributed by atoms with Crippen molar-refractivity contribution in [1.82, 2.24) is 0 Å². The number of aryl methyl sites for hydroxylation is 3. The molecule has 0 saturated heterocycles. The summed E-state index contributed by atoms with van der Waals surface area (Å²) in [7, 11) is 0. The summed E-state index contributed by atoms with van der Waals surface area (Å²) in [4.78, 5) is 2.80. The van der Waals surface area contributed by atoms with Gasteiger partial charge in [-0.1, -0.05) is 77.0 Å². The van der Waals surface area contributed by atoms with Crippen molar-refractivity contribution in [2.24, 2.45) is 0 Å². The fraction of sp³-hybridized carbons (Fsp3) is 0.241. The third-order valence-electron chi connectivity index (χ3n) is 6.86. The Morgan fingerprint density at radius 3 is 2.10 bits per heavy atom. The minimum Gasteiger partial charge on any atom is -0.493 e. The van der Waals surface area contributed by atoms with Gasteiger partial charge in [-0.3, -0.25) is 0 Å². The zero-order valence-electron chi connectivity index (χ0n) is 18.2. The van der Waals surface area contributed by atoms with E-state index in [9.17, 15) is 0 Å². The molecule has 2 aliphatic heterocycles. The number of hydrogen-bond acceptors (Lipinski definition) is 2. The highest BCUT2D eigenvalue weighted by Gasteiger charge is 2.37. The van der Waals surface area contributed by atoms with Crippen molar-refractivity contribution in [3.8, 4) is 5.75 Å². The molecule has 0 amide bonds. The highest BCUT2D eigenvalue weighted by atomic mass is 32.2. The van der Waals surface area contributed by atoms with Crippen LogP contribution in [0.3, 0.4) is 0 Å². The molecule has 1 atom stereocenters. The zero-order valence-corrected chi connectivity index (χ0v) is 19.1. The number of fused-ring (bicyclic) bond motifs is 5. The molecule has 1 nitrogen and oxygen atoms in total. The van der Waals surface area contributed by atoms with Gasteiger partial charge in [0.15, 0.2) is 0 Å². The van der Waals surface area contributed by atoms with Crippen molar-refractivity contribution in [3.05, 3.63) is 100 Å². The summed E-state index contributed by atoms with van der Waals surface area (Å²) < 4.78 is 6.20. The van der Waals surface area contributed by atoms with Crippen LogP contribution in [0, 0.1) is 20.8 Å². The maximum absolute atomic E-state index is 6.20. The van der Waals surface area contributed by atoms with E-state index in [1.807, 2.05) is 11.8 Å². The van der Waals surface area contributed by atoms with Crippen molar-refractivity contribution in [1.29, 1.82) is 0 Å². The van der Waals surface area contributed by atoms with Gasteiger partial charge in [-0.2, -0.15) is 0 Å². The lowest BCUT2D eigenvalue weighted by molar-refractivity contribution is 0.261. The molecule has 0 aliphatic carbocycles. The Hall–Kier alpha value is -2.71. The molecule has 0 aromatic heterocycles. The predicted octanol–water partition coefficient (Wildman–Crippen LogP) is 7.93. The van der Waals surface area contributed by atoms with Gasteiger partial charge < -0.3 is 4.74 Å². The van der Waals surface area contributed by atoms with Gasteiger partial charge >= 0.3 is 0 Å². The maximum Gasteiger partial charge on any atom is 0.123 e. The molecular formula is C29H26OS. The fourth-order valence-electron chi connectivity index (χ4n) is 5.46. The monoisotopic (exact) mass is 422 g/mol. The van der Waals surface area contributed by atoms with E-state index in [4.69, 9.17) is 4.74 Å². The van der Waals surface area contributed by atoms with E-state index in [0.29, 0.717) is 11.8 Å². The minimum atomic E-state index is 0.348. The van der Waals surface area contributed by atoms with E-state index in [1.54, 1.807) is 0 Å². The standard InChI is InChI=1S/C29H26OS/c1-17-4-8-21-20(14-17)7-9-25-29(21)22(12-13-30-25)28-23-15-18(2)5-10-26(23)31-27-11-6-19(3)16-24(27)28/h4-11,14-16,22,28H,12-13H2,1-3H3. The summed E-state index contributed by atoms with van der Waals surface area (Å²) in [6.45, 7) is 7.37. The second-order valence-corrected chi connectivity index (χ2v) is 10.2. The molecule has 0 radical (unpaired) electrons. The number of ether oxygens (including phenoxy) is 1. The topological polar surface area (TPSA) is 9.23 Å². The van der Waals surface area contributed by atoms with Gasteiger partial charge in [-0.25, -0.2) is 0 Å². The highest BCUT2D eigenvalue weighted by Crippen LogP contribution is 2.55. The minimum absolute atomic E-state index is 0.348. The van der Waals surface area contributed by atoms with Gasteiger partial charge in [-0.15, -0.1) is 0 Å². The molecule has 4 aromatic rings. The summed E-state index contributed by atoms with van der Waals surface area (Å²) in [6, 6.07) is 25.2. The molecule has 0 spiro atoms. The third-order valence-corrected chi connectivity index (χ3v) is 8.04. The average Bonchev–Trinajstić information content (AvgIpc) is 2.77. The Kier molecular flexibility index (Phi) is 4.40. The molecule has 0 fully saturated rings. The van der Waals surface area contributed by atoms with Crippen LogP contribution < -0.4 is 4.74 Å². The van der Waals surface area contributed by atoms with E-state index in [2.05, 4.69) is 87.5 Å². The molecule has 0 saturated carbocycles. The third kappa shape index (κ3) is 3.08. The predicted molar refractivity (Wildman–Crippen MR) is 130 cm³/mol. The zero-order chi connectivity index (χ0) is 21.1. The molecule has 6 rings (SSSR count). The van der Waals surface area contributed by atoms with Gasteiger partial charge in [-0.05, 0) is 67.3 Å². The van der Waals surface area contributed by atoms with E-state index in [-0.39, 0.29) is 0 Å². The first-order valence-corrected chi connectivity index (χ1v) is 11.9. The molecule has 31 heavy (non-hydrogen) atoms. The smallest absolute Gasteiger partial charge is 0.123 e. The highest BCUT2D eigenvalue weighted by molar-refractivity contribution is 7.99. The van der Waals surface area contributed by atoms with Crippen LogP contribution in [0.4, 0.5) is 0 Å². The van der Waals surface area contributed by atoms with Crippen molar-refractivity contribution < 1.29 is 4.74 Å². The van der Waals surface area contributed by atoms with Crippen molar-refractivity contribution >= 4 is 22.5 Å². The van der Waals surface area contributed by atoms with Crippen LogP contribution in [-0.4, -0.2) is 6.61 Å². The number of rotatable bonds is 1. The molecule has 2 heteroatoms. The van der Waals surface area contributed by atoms with Crippen LogP contribution in [-0.2, 0) is 0 Å². The Morgan fingerprint density at radius 2 is 1.39 bits per heavy atom. The van der Waals surface area contributed by atoms with Crippen LogP contribution in [0.2, 0.25) is 0 Å². The van der Waals surface area contributed by atoms with E-state index >= 15 is 0 Å². The molecular weight excluding hydrogens is 396 g/mol. The quantitative estimate of drug-likeness (QED) is 0.308. The summed E-state index contributed by atoms with van der Waals surface area (Å²) >= 11 is 1.92. The first-order chi connectivity index (χ1) is 15.1. The van der Waals surface area contributed by atoms with E-state index < -0.39 is 0 Å². The molecule has 2 heterocycles. The lowest BCUT2D eigenvalue weighted by Crippen LogP contribution is -2.23. The van der Waals surface area contributed by atoms with Crippen molar-refractivity contribution in [2.45, 2.75) is 48.8 Å². The number of hydrogen-bond donors (Lipinski definition) is 0. The van der Waals surface area contributed by atoms with Crippen LogP contribution in [0.5, 0.6) is 5.75 Å². The van der Waals surface area contributed by atoms with Crippen molar-refractivity contribution in [3.63, 3.8) is 0 Å². The van der Waals surface area contributed by atoms with E-state index in [0.717, 1.165) is 18.8 Å². The van der Waals surface area contributed by atoms with Gasteiger partial charge in [0.05, 0.1) is 6.61 Å².